The molecule has 1 aliphatic heterocycles. The third kappa shape index (κ3) is 2.97. The molecule has 1 rings (SSSR count). The summed E-state index contributed by atoms with van der Waals surface area (Å²) < 4.78 is 5.08. The fraction of sp³-hybridized carbons (Fsp3) is 0.889. The van der Waals surface area contributed by atoms with Gasteiger partial charge in [-0.3, -0.25) is 4.79 Å². The van der Waals surface area contributed by atoms with Crippen LogP contribution in [-0.2, 0) is 9.53 Å². The van der Waals surface area contributed by atoms with E-state index in [1.165, 1.54) is 0 Å². The molecule has 4 heteroatoms. The SMILES string of the molecule is COCC1CCN(C(=O)CN)CC1. The van der Waals surface area contributed by atoms with Crippen LogP contribution in [0.1, 0.15) is 12.8 Å². The smallest absolute Gasteiger partial charge is 0.236 e. The largest absolute Gasteiger partial charge is 0.384 e. The molecule has 0 spiro atoms. The zero-order valence-corrected chi connectivity index (χ0v) is 8.16. The summed E-state index contributed by atoms with van der Waals surface area (Å²) in [5, 5.41) is 0. The van der Waals surface area contributed by atoms with Crippen LogP contribution in [0.25, 0.3) is 0 Å². The van der Waals surface area contributed by atoms with Crippen LogP contribution in [0.2, 0.25) is 0 Å². The van der Waals surface area contributed by atoms with Crippen LogP contribution in [0.3, 0.4) is 0 Å². The summed E-state index contributed by atoms with van der Waals surface area (Å²) >= 11 is 0. The number of carbonyl (C=O) groups is 1. The van der Waals surface area contributed by atoms with Crippen LogP contribution in [0.4, 0.5) is 0 Å². The molecule has 1 saturated heterocycles. The lowest BCUT2D eigenvalue weighted by Gasteiger charge is -2.31. The van der Waals surface area contributed by atoms with Gasteiger partial charge in [-0.05, 0) is 18.8 Å². The molecule has 0 atom stereocenters. The van der Waals surface area contributed by atoms with Crippen molar-refractivity contribution in [1.82, 2.24) is 4.90 Å². The molecular weight excluding hydrogens is 168 g/mol. The van der Waals surface area contributed by atoms with Crippen molar-refractivity contribution in [3.05, 3.63) is 0 Å². The minimum atomic E-state index is 0.0656. The minimum Gasteiger partial charge on any atom is -0.384 e. The minimum absolute atomic E-state index is 0.0656. The summed E-state index contributed by atoms with van der Waals surface area (Å²) in [6.07, 6.45) is 2.08. The van der Waals surface area contributed by atoms with Gasteiger partial charge in [-0.15, -0.1) is 0 Å². The average molecular weight is 186 g/mol. The van der Waals surface area contributed by atoms with Gasteiger partial charge in [0.1, 0.15) is 0 Å². The summed E-state index contributed by atoms with van der Waals surface area (Å²) in [5.74, 6) is 0.683. The Balaban J connectivity index is 2.26. The molecule has 1 amide bonds. The van der Waals surface area contributed by atoms with E-state index in [0.717, 1.165) is 32.5 Å². The highest BCUT2D eigenvalue weighted by Gasteiger charge is 2.21. The van der Waals surface area contributed by atoms with Crippen LogP contribution in [0.5, 0.6) is 0 Å². The van der Waals surface area contributed by atoms with Gasteiger partial charge in [0.15, 0.2) is 0 Å². The molecule has 4 nitrogen and oxygen atoms in total. The third-order valence-corrected chi connectivity index (χ3v) is 2.54. The number of hydrogen-bond donors (Lipinski definition) is 1. The predicted octanol–water partition coefficient (Wildman–Crippen LogP) is -0.170. The highest BCUT2D eigenvalue weighted by molar-refractivity contribution is 5.78. The number of hydrogen-bond acceptors (Lipinski definition) is 3. The predicted molar refractivity (Wildman–Crippen MR) is 50.2 cm³/mol. The quantitative estimate of drug-likeness (QED) is 0.666. The number of piperidine rings is 1. The molecule has 1 heterocycles. The first-order valence-corrected chi connectivity index (χ1v) is 4.74. The Morgan fingerprint density at radius 2 is 2.15 bits per heavy atom. The number of amides is 1. The van der Waals surface area contributed by atoms with Crippen LogP contribution in [0, 0.1) is 5.92 Å². The molecule has 76 valence electrons. The van der Waals surface area contributed by atoms with E-state index in [1.54, 1.807) is 7.11 Å². The topological polar surface area (TPSA) is 55.6 Å². The standard InChI is InChI=1S/C9H18N2O2/c1-13-7-8-2-4-11(5-3-8)9(12)6-10/h8H,2-7,10H2,1H3. The lowest BCUT2D eigenvalue weighted by atomic mass is 9.98. The van der Waals surface area contributed by atoms with Gasteiger partial charge in [0.25, 0.3) is 0 Å². The van der Waals surface area contributed by atoms with E-state index < -0.39 is 0 Å². The fourth-order valence-electron chi connectivity index (χ4n) is 1.71. The van der Waals surface area contributed by atoms with Gasteiger partial charge in [-0.2, -0.15) is 0 Å². The Kier molecular flexibility index (Phi) is 4.18. The van der Waals surface area contributed by atoms with E-state index in [1.807, 2.05) is 4.90 Å². The zero-order chi connectivity index (χ0) is 9.68. The molecule has 1 aliphatic rings. The van der Waals surface area contributed by atoms with Crippen molar-refractivity contribution in [2.75, 3.05) is 33.4 Å². The Bertz CT molecular complexity index is 165. The van der Waals surface area contributed by atoms with Crippen LogP contribution in [0.15, 0.2) is 0 Å². The van der Waals surface area contributed by atoms with Crippen molar-refractivity contribution in [1.29, 1.82) is 0 Å². The van der Waals surface area contributed by atoms with Gasteiger partial charge in [0.2, 0.25) is 5.91 Å². The van der Waals surface area contributed by atoms with Crippen molar-refractivity contribution < 1.29 is 9.53 Å². The molecule has 0 aromatic heterocycles. The second kappa shape index (κ2) is 5.19. The Labute approximate surface area is 79.0 Å². The molecule has 0 bridgehead atoms. The summed E-state index contributed by atoms with van der Waals surface area (Å²) in [6.45, 7) is 2.62. The fourth-order valence-corrected chi connectivity index (χ4v) is 1.71. The first-order chi connectivity index (χ1) is 6.27. The van der Waals surface area contributed by atoms with Gasteiger partial charge in [-0.1, -0.05) is 0 Å². The van der Waals surface area contributed by atoms with Gasteiger partial charge in [0, 0.05) is 26.8 Å². The van der Waals surface area contributed by atoms with Gasteiger partial charge < -0.3 is 15.4 Å². The summed E-state index contributed by atoms with van der Waals surface area (Å²) in [7, 11) is 1.72. The highest BCUT2D eigenvalue weighted by Crippen LogP contribution is 2.16. The van der Waals surface area contributed by atoms with Crippen LogP contribution >= 0.6 is 0 Å². The molecule has 0 unspecified atom stereocenters. The molecule has 0 aliphatic carbocycles. The number of nitrogens with two attached hydrogens (primary N) is 1. The van der Waals surface area contributed by atoms with Crippen LogP contribution in [-0.4, -0.2) is 44.2 Å². The van der Waals surface area contributed by atoms with Crippen molar-refractivity contribution in [2.45, 2.75) is 12.8 Å². The van der Waals surface area contributed by atoms with Crippen molar-refractivity contribution in [2.24, 2.45) is 11.7 Å². The maximum absolute atomic E-state index is 11.2. The Hall–Kier alpha value is -0.610. The zero-order valence-electron chi connectivity index (χ0n) is 8.16. The number of methoxy groups -OCH3 is 1. The normalized spacial score (nSPS) is 19.1. The number of likely N-dealkylation sites (tertiary alicyclic amines) is 1. The molecule has 13 heavy (non-hydrogen) atoms. The Morgan fingerprint density at radius 1 is 1.54 bits per heavy atom. The molecule has 0 aromatic carbocycles. The van der Waals surface area contributed by atoms with E-state index >= 15 is 0 Å². The van der Waals surface area contributed by atoms with Crippen LogP contribution < -0.4 is 5.73 Å². The number of nitrogens with zero attached hydrogens (tertiary/aromatic N) is 1. The van der Waals surface area contributed by atoms with Gasteiger partial charge in [-0.25, -0.2) is 0 Å². The monoisotopic (exact) mass is 186 g/mol. The average Bonchev–Trinajstić information content (AvgIpc) is 2.18. The lowest BCUT2D eigenvalue weighted by molar-refractivity contribution is -0.131. The second-order valence-electron chi connectivity index (χ2n) is 3.48. The Morgan fingerprint density at radius 3 is 2.62 bits per heavy atom. The second-order valence-corrected chi connectivity index (χ2v) is 3.48. The molecule has 1 fully saturated rings. The molecule has 0 aromatic rings. The van der Waals surface area contributed by atoms with Gasteiger partial charge >= 0.3 is 0 Å². The third-order valence-electron chi connectivity index (χ3n) is 2.54. The van der Waals surface area contributed by atoms with E-state index in [4.69, 9.17) is 10.5 Å². The van der Waals surface area contributed by atoms with Gasteiger partial charge in [0.05, 0.1) is 6.54 Å². The number of rotatable bonds is 3. The van der Waals surface area contributed by atoms with E-state index in [0.29, 0.717) is 5.92 Å². The first kappa shape index (κ1) is 10.5. The molecule has 0 radical (unpaired) electrons. The highest BCUT2D eigenvalue weighted by atomic mass is 16.5. The summed E-state index contributed by atoms with van der Waals surface area (Å²) in [6, 6.07) is 0. The van der Waals surface area contributed by atoms with E-state index in [-0.39, 0.29) is 12.5 Å². The summed E-state index contributed by atoms with van der Waals surface area (Å²) in [4.78, 5) is 13.0. The molecular formula is C9H18N2O2. The number of carbonyl (C=O) groups excluding carboxylic acids is 1. The van der Waals surface area contributed by atoms with Crippen molar-refractivity contribution in [3.8, 4) is 0 Å². The lowest BCUT2D eigenvalue weighted by Crippen LogP contribution is -2.42. The van der Waals surface area contributed by atoms with Crippen molar-refractivity contribution in [3.63, 3.8) is 0 Å². The first-order valence-electron chi connectivity index (χ1n) is 4.74. The maximum atomic E-state index is 11.2. The molecule has 0 saturated carbocycles. The maximum Gasteiger partial charge on any atom is 0.236 e. The van der Waals surface area contributed by atoms with E-state index in [9.17, 15) is 4.79 Å². The number of ether oxygens (including phenoxy) is 1. The molecule has 2 N–H and O–H groups in total. The van der Waals surface area contributed by atoms with Crippen molar-refractivity contribution >= 4 is 5.91 Å². The summed E-state index contributed by atoms with van der Waals surface area (Å²) in [5.41, 5.74) is 5.28. The van der Waals surface area contributed by atoms with E-state index in [2.05, 4.69) is 0 Å².